The first-order valence-corrected chi connectivity index (χ1v) is 10.7. The van der Waals surface area contributed by atoms with Crippen molar-refractivity contribution in [2.75, 3.05) is 0 Å². The molecule has 0 heterocycles. The number of rotatable bonds is 10. The summed E-state index contributed by atoms with van der Waals surface area (Å²) in [5.41, 5.74) is 0. The van der Waals surface area contributed by atoms with E-state index < -0.39 is 0 Å². The Hall–Kier alpha value is -0.780. The van der Waals surface area contributed by atoms with Crippen LogP contribution in [0.5, 0.6) is 0 Å². The van der Waals surface area contributed by atoms with Gasteiger partial charge in [-0.2, -0.15) is 0 Å². The third-order valence-electron chi connectivity index (χ3n) is 6.57. The maximum absolute atomic E-state index is 3.85. The van der Waals surface area contributed by atoms with Gasteiger partial charge in [-0.05, 0) is 87.9 Å². The molecule has 2 saturated carbocycles. The van der Waals surface area contributed by atoms with E-state index in [2.05, 4.69) is 37.5 Å². The van der Waals surface area contributed by atoms with Gasteiger partial charge < -0.3 is 0 Å². The van der Waals surface area contributed by atoms with Crippen LogP contribution < -0.4 is 0 Å². The molecule has 2 aliphatic carbocycles. The Morgan fingerprint density at radius 1 is 0.583 bits per heavy atom. The van der Waals surface area contributed by atoms with Gasteiger partial charge in [0.05, 0.1) is 0 Å². The van der Waals surface area contributed by atoms with E-state index in [1.54, 1.807) is 0 Å². The number of hydrogen-bond donors (Lipinski definition) is 0. The topological polar surface area (TPSA) is 0 Å². The molecule has 0 heteroatoms. The molecule has 0 aromatic heterocycles. The molecule has 2 fully saturated rings. The molecule has 0 aromatic rings. The molecule has 0 aromatic carbocycles. The Labute approximate surface area is 151 Å². The van der Waals surface area contributed by atoms with E-state index in [9.17, 15) is 0 Å². The third kappa shape index (κ3) is 7.41. The SMILES string of the molecule is C=CCCC1CCC(C=CCCC2CCC(CCC=C)CC2)CC1. The van der Waals surface area contributed by atoms with Gasteiger partial charge in [0.1, 0.15) is 0 Å². The van der Waals surface area contributed by atoms with Gasteiger partial charge in [0.15, 0.2) is 0 Å². The van der Waals surface area contributed by atoms with Crippen LogP contribution in [-0.4, -0.2) is 0 Å². The quantitative estimate of drug-likeness (QED) is 0.358. The summed E-state index contributed by atoms with van der Waals surface area (Å²) in [6.07, 6.45) is 28.8. The van der Waals surface area contributed by atoms with Crippen molar-refractivity contribution >= 4 is 0 Å². The first-order valence-electron chi connectivity index (χ1n) is 10.7. The molecule has 0 amide bonds. The highest BCUT2D eigenvalue weighted by Gasteiger charge is 2.20. The lowest BCUT2D eigenvalue weighted by Crippen LogP contribution is -2.14. The molecule has 0 N–H and O–H groups in total. The normalized spacial score (nSPS) is 31.2. The van der Waals surface area contributed by atoms with E-state index in [0.29, 0.717) is 0 Å². The molecule has 24 heavy (non-hydrogen) atoms. The van der Waals surface area contributed by atoms with Crippen molar-refractivity contribution in [3.63, 3.8) is 0 Å². The van der Waals surface area contributed by atoms with Crippen molar-refractivity contribution in [1.29, 1.82) is 0 Å². The van der Waals surface area contributed by atoms with E-state index in [1.165, 1.54) is 89.9 Å². The van der Waals surface area contributed by atoms with E-state index in [-0.39, 0.29) is 0 Å². The summed E-state index contributed by atoms with van der Waals surface area (Å²) in [6, 6.07) is 0. The molecule has 0 nitrogen and oxygen atoms in total. The maximum Gasteiger partial charge on any atom is -0.0233 e. The van der Waals surface area contributed by atoms with Gasteiger partial charge >= 0.3 is 0 Å². The Morgan fingerprint density at radius 3 is 1.46 bits per heavy atom. The molecule has 0 radical (unpaired) electrons. The highest BCUT2D eigenvalue weighted by molar-refractivity contribution is 4.92. The summed E-state index contributed by atoms with van der Waals surface area (Å²) in [5, 5.41) is 0. The Balaban J connectivity index is 1.52. The molecular weight excluding hydrogens is 288 g/mol. The number of hydrogen-bond acceptors (Lipinski definition) is 0. The molecule has 0 saturated heterocycles. The molecule has 0 atom stereocenters. The van der Waals surface area contributed by atoms with Crippen molar-refractivity contribution in [3.8, 4) is 0 Å². The minimum atomic E-state index is 0.875. The van der Waals surface area contributed by atoms with Gasteiger partial charge in [-0.15, -0.1) is 13.2 Å². The molecule has 0 spiro atoms. The van der Waals surface area contributed by atoms with E-state index in [4.69, 9.17) is 0 Å². The fourth-order valence-corrected chi connectivity index (χ4v) is 4.81. The highest BCUT2D eigenvalue weighted by Crippen LogP contribution is 2.35. The lowest BCUT2D eigenvalue weighted by Gasteiger charge is -2.28. The van der Waals surface area contributed by atoms with E-state index in [1.807, 2.05) is 0 Å². The largest absolute Gasteiger partial charge is 0.103 e. The van der Waals surface area contributed by atoms with Gasteiger partial charge in [0.25, 0.3) is 0 Å². The van der Waals surface area contributed by atoms with Crippen LogP contribution in [0.1, 0.15) is 89.9 Å². The molecular formula is C24H40. The Bertz CT molecular complexity index is 361. The Morgan fingerprint density at radius 2 is 1.00 bits per heavy atom. The highest BCUT2D eigenvalue weighted by atomic mass is 14.3. The fourth-order valence-electron chi connectivity index (χ4n) is 4.81. The van der Waals surface area contributed by atoms with Crippen molar-refractivity contribution in [2.45, 2.75) is 89.9 Å². The summed E-state index contributed by atoms with van der Waals surface area (Å²) < 4.78 is 0. The smallest absolute Gasteiger partial charge is 0.0233 e. The maximum atomic E-state index is 3.85. The van der Waals surface area contributed by atoms with Crippen molar-refractivity contribution < 1.29 is 0 Å². The van der Waals surface area contributed by atoms with Crippen LogP contribution in [0.4, 0.5) is 0 Å². The minimum absolute atomic E-state index is 0.875. The zero-order valence-corrected chi connectivity index (χ0v) is 15.9. The summed E-state index contributed by atoms with van der Waals surface area (Å²) in [5.74, 6) is 3.85. The fraction of sp³-hybridized carbons (Fsp3) is 0.750. The summed E-state index contributed by atoms with van der Waals surface area (Å²) in [7, 11) is 0. The molecule has 0 aliphatic heterocycles. The van der Waals surface area contributed by atoms with Crippen LogP contribution >= 0.6 is 0 Å². The van der Waals surface area contributed by atoms with Gasteiger partial charge in [-0.3, -0.25) is 0 Å². The second kappa shape index (κ2) is 11.7. The van der Waals surface area contributed by atoms with Crippen LogP contribution in [-0.2, 0) is 0 Å². The molecule has 136 valence electrons. The monoisotopic (exact) mass is 328 g/mol. The predicted molar refractivity (Wildman–Crippen MR) is 108 cm³/mol. The molecule has 2 rings (SSSR count). The molecule has 0 bridgehead atoms. The van der Waals surface area contributed by atoms with E-state index >= 15 is 0 Å². The standard InChI is InChI=1S/C24H40/c1-3-5-9-21-13-17-23(18-14-21)11-7-8-12-24-19-15-22(16-20-24)10-6-4-2/h3-4,7,11,21-24H,1-2,5-6,8-10,12-20H2. The van der Waals surface area contributed by atoms with Crippen molar-refractivity contribution in [1.82, 2.24) is 0 Å². The summed E-state index contributed by atoms with van der Waals surface area (Å²) in [6.45, 7) is 7.70. The van der Waals surface area contributed by atoms with Crippen LogP contribution in [0, 0.1) is 23.7 Å². The third-order valence-corrected chi connectivity index (χ3v) is 6.57. The van der Waals surface area contributed by atoms with E-state index in [0.717, 1.165) is 23.7 Å². The van der Waals surface area contributed by atoms with Crippen LogP contribution in [0.2, 0.25) is 0 Å². The summed E-state index contributed by atoms with van der Waals surface area (Å²) >= 11 is 0. The molecule has 2 aliphatic rings. The van der Waals surface area contributed by atoms with Gasteiger partial charge in [0.2, 0.25) is 0 Å². The van der Waals surface area contributed by atoms with Gasteiger partial charge in [-0.1, -0.05) is 50.0 Å². The lowest BCUT2D eigenvalue weighted by molar-refractivity contribution is 0.255. The summed E-state index contributed by atoms with van der Waals surface area (Å²) in [4.78, 5) is 0. The first-order chi connectivity index (χ1) is 11.8. The van der Waals surface area contributed by atoms with Gasteiger partial charge in [0, 0.05) is 0 Å². The zero-order chi connectivity index (χ0) is 17.0. The van der Waals surface area contributed by atoms with Gasteiger partial charge in [-0.25, -0.2) is 0 Å². The second-order valence-corrected chi connectivity index (χ2v) is 8.41. The average Bonchev–Trinajstić information content (AvgIpc) is 2.64. The van der Waals surface area contributed by atoms with Crippen molar-refractivity contribution in [2.24, 2.45) is 23.7 Å². The van der Waals surface area contributed by atoms with Crippen LogP contribution in [0.25, 0.3) is 0 Å². The first kappa shape index (κ1) is 19.5. The lowest BCUT2D eigenvalue weighted by atomic mass is 9.78. The van der Waals surface area contributed by atoms with Crippen LogP contribution in [0.15, 0.2) is 37.5 Å². The number of allylic oxidation sites excluding steroid dienone is 4. The zero-order valence-electron chi connectivity index (χ0n) is 15.9. The van der Waals surface area contributed by atoms with Crippen molar-refractivity contribution in [3.05, 3.63) is 37.5 Å². The molecule has 0 unspecified atom stereocenters. The Kier molecular flexibility index (Phi) is 9.54. The van der Waals surface area contributed by atoms with Crippen LogP contribution in [0.3, 0.4) is 0 Å². The predicted octanol–water partition coefficient (Wildman–Crippen LogP) is 7.87. The second-order valence-electron chi connectivity index (χ2n) is 8.41. The average molecular weight is 329 g/mol. The minimum Gasteiger partial charge on any atom is -0.103 e.